The second kappa shape index (κ2) is 7.86. The minimum atomic E-state index is -0.123. The molecule has 0 unspecified atom stereocenters. The minimum Gasteiger partial charge on any atom is -0.388 e. The van der Waals surface area contributed by atoms with Gasteiger partial charge in [0.05, 0.1) is 6.42 Å². The summed E-state index contributed by atoms with van der Waals surface area (Å²) in [6.07, 6.45) is 2.36. The van der Waals surface area contributed by atoms with Gasteiger partial charge in [0.2, 0.25) is 5.91 Å². The number of carbonyl (C=O) groups is 1. The highest BCUT2D eigenvalue weighted by atomic mass is 16.3. The van der Waals surface area contributed by atoms with Gasteiger partial charge in [0.15, 0.2) is 5.82 Å². The normalized spacial score (nSPS) is 17.4. The fourth-order valence-electron chi connectivity index (χ4n) is 3.48. The zero-order valence-electron chi connectivity index (χ0n) is 15.7. The number of piperidine rings is 1. The number of carbonyl (C=O) groups excluding carboxylic acids is 1. The Kier molecular flexibility index (Phi) is 5.56. The molecule has 0 spiro atoms. The highest BCUT2D eigenvalue weighted by molar-refractivity contribution is 5.79. The average molecular weight is 357 g/mol. The second-order valence-electron chi connectivity index (χ2n) is 7.11. The van der Waals surface area contributed by atoms with Crippen molar-refractivity contribution in [3.63, 3.8) is 0 Å². The van der Waals surface area contributed by atoms with Crippen LogP contribution in [0.5, 0.6) is 0 Å². The summed E-state index contributed by atoms with van der Waals surface area (Å²) in [5, 5.41) is 17.5. The molecule has 1 aliphatic rings. The molecule has 7 heteroatoms. The van der Waals surface area contributed by atoms with Gasteiger partial charge in [-0.1, -0.05) is 12.1 Å². The lowest BCUT2D eigenvalue weighted by molar-refractivity contribution is -0.131. The van der Waals surface area contributed by atoms with Gasteiger partial charge in [-0.25, -0.2) is 0 Å². The van der Waals surface area contributed by atoms with Crippen molar-refractivity contribution in [2.75, 3.05) is 32.1 Å². The van der Waals surface area contributed by atoms with Crippen LogP contribution in [-0.2, 0) is 24.9 Å². The first-order chi connectivity index (χ1) is 12.5. The molecule has 7 nitrogen and oxygen atoms in total. The molecule has 1 amide bonds. The Balaban J connectivity index is 1.65. The van der Waals surface area contributed by atoms with Crippen LogP contribution in [0.3, 0.4) is 0 Å². The Morgan fingerprint density at radius 2 is 2.00 bits per heavy atom. The topological polar surface area (TPSA) is 74.5 Å². The van der Waals surface area contributed by atoms with Gasteiger partial charge in [0.25, 0.3) is 0 Å². The van der Waals surface area contributed by atoms with Crippen molar-refractivity contribution < 1.29 is 9.90 Å². The predicted octanol–water partition coefficient (Wildman–Crippen LogP) is 1.32. The molecule has 1 N–H and O–H groups in total. The van der Waals surface area contributed by atoms with Crippen LogP contribution in [0.4, 0.5) is 5.69 Å². The number of hydrogen-bond donors (Lipinski definition) is 1. The van der Waals surface area contributed by atoms with E-state index < -0.39 is 0 Å². The van der Waals surface area contributed by atoms with Gasteiger partial charge in [-0.3, -0.25) is 4.79 Å². The fourth-order valence-corrected chi connectivity index (χ4v) is 3.48. The van der Waals surface area contributed by atoms with Crippen LogP contribution < -0.4 is 4.90 Å². The maximum atomic E-state index is 12.7. The molecule has 0 aliphatic carbocycles. The molecule has 1 saturated heterocycles. The summed E-state index contributed by atoms with van der Waals surface area (Å²) in [5.74, 6) is 1.73. The SMILES string of the molecule is CN(C)c1ccc(CC(=O)N2CCC[C@H](c3nnc(CO)n3C)C2)cc1. The number of benzene rings is 1. The molecule has 3 rings (SSSR count). The van der Waals surface area contributed by atoms with Crippen molar-refractivity contribution >= 4 is 11.6 Å². The molecule has 0 saturated carbocycles. The van der Waals surface area contributed by atoms with Crippen LogP contribution in [-0.4, -0.2) is 57.9 Å². The third-order valence-electron chi connectivity index (χ3n) is 5.09. The number of nitrogens with zero attached hydrogens (tertiary/aromatic N) is 5. The molecule has 2 heterocycles. The first kappa shape index (κ1) is 18.4. The number of amides is 1. The van der Waals surface area contributed by atoms with E-state index in [2.05, 4.69) is 10.2 Å². The van der Waals surface area contributed by atoms with E-state index in [0.717, 1.165) is 36.5 Å². The van der Waals surface area contributed by atoms with Gasteiger partial charge in [-0.05, 0) is 30.5 Å². The molecular formula is C19H27N5O2. The molecule has 1 aromatic heterocycles. The van der Waals surface area contributed by atoms with Gasteiger partial charge < -0.3 is 19.5 Å². The number of anilines is 1. The lowest BCUT2D eigenvalue weighted by atomic mass is 9.96. The van der Waals surface area contributed by atoms with Crippen LogP contribution in [0.15, 0.2) is 24.3 Å². The van der Waals surface area contributed by atoms with Crippen LogP contribution in [0.1, 0.15) is 36.0 Å². The molecular weight excluding hydrogens is 330 g/mol. The molecule has 1 fully saturated rings. The number of rotatable bonds is 5. The molecule has 1 aliphatic heterocycles. The first-order valence-electron chi connectivity index (χ1n) is 9.02. The zero-order valence-corrected chi connectivity index (χ0v) is 15.7. The maximum absolute atomic E-state index is 12.7. The smallest absolute Gasteiger partial charge is 0.227 e. The quantitative estimate of drug-likeness (QED) is 0.874. The summed E-state index contributed by atoms with van der Waals surface area (Å²) in [7, 11) is 5.87. The van der Waals surface area contributed by atoms with Crippen LogP contribution in [0.2, 0.25) is 0 Å². The number of aromatic nitrogens is 3. The lowest BCUT2D eigenvalue weighted by Crippen LogP contribution is -2.40. The van der Waals surface area contributed by atoms with Gasteiger partial charge in [-0.2, -0.15) is 0 Å². The maximum Gasteiger partial charge on any atom is 0.227 e. The van der Waals surface area contributed by atoms with Crippen molar-refractivity contribution in [3.8, 4) is 0 Å². The van der Waals surface area contributed by atoms with Gasteiger partial charge in [0, 0.05) is 45.8 Å². The van der Waals surface area contributed by atoms with Gasteiger partial charge in [-0.15, -0.1) is 10.2 Å². The number of hydrogen-bond acceptors (Lipinski definition) is 5. The Hall–Kier alpha value is -2.41. The Bertz CT molecular complexity index is 754. The van der Waals surface area contributed by atoms with Crippen molar-refractivity contribution in [2.24, 2.45) is 7.05 Å². The molecule has 2 aromatic rings. The number of aliphatic hydroxyl groups excluding tert-OH is 1. The van der Waals surface area contributed by atoms with E-state index in [1.165, 1.54) is 0 Å². The van der Waals surface area contributed by atoms with Crippen LogP contribution in [0.25, 0.3) is 0 Å². The molecule has 26 heavy (non-hydrogen) atoms. The van der Waals surface area contributed by atoms with Gasteiger partial charge >= 0.3 is 0 Å². The number of likely N-dealkylation sites (tertiary alicyclic amines) is 1. The monoisotopic (exact) mass is 357 g/mol. The highest BCUT2D eigenvalue weighted by Gasteiger charge is 2.28. The van der Waals surface area contributed by atoms with Gasteiger partial charge in [0.1, 0.15) is 12.4 Å². The molecule has 0 bridgehead atoms. The van der Waals surface area contributed by atoms with E-state index in [0.29, 0.717) is 18.8 Å². The summed E-state index contributed by atoms with van der Waals surface area (Å²) in [5.41, 5.74) is 2.16. The summed E-state index contributed by atoms with van der Waals surface area (Å²) >= 11 is 0. The van der Waals surface area contributed by atoms with E-state index in [1.807, 2.05) is 59.8 Å². The summed E-state index contributed by atoms with van der Waals surface area (Å²) < 4.78 is 1.85. The van der Waals surface area contributed by atoms with E-state index in [4.69, 9.17) is 0 Å². The Labute approximate surface area is 154 Å². The molecule has 140 valence electrons. The summed E-state index contributed by atoms with van der Waals surface area (Å²) in [6.45, 7) is 1.32. The first-order valence-corrected chi connectivity index (χ1v) is 9.02. The van der Waals surface area contributed by atoms with E-state index in [1.54, 1.807) is 0 Å². The fraction of sp³-hybridized carbons (Fsp3) is 0.526. The van der Waals surface area contributed by atoms with E-state index in [9.17, 15) is 9.90 Å². The third-order valence-corrected chi connectivity index (χ3v) is 5.09. The Morgan fingerprint density at radius 3 is 2.62 bits per heavy atom. The van der Waals surface area contributed by atoms with E-state index in [-0.39, 0.29) is 18.4 Å². The molecule has 1 atom stereocenters. The second-order valence-corrected chi connectivity index (χ2v) is 7.11. The number of aliphatic hydroxyl groups is 1. The average Bonchev–Trinajstić information content (AvgIpc) is 3.03. The largest absolute Gasteiger partial charge is 0.388 e. The summed E-state index contributed by atoms with van der Waals surface area (Å²) in [6, 6.07) is 8.12. The third kappa shape index (κ3) is 3.88. The predicted molar refractivity (Wildman–Crippen MR) is 100.0 cm³/mol. The lowest BCUT2D eigenvalue weighted by Gasteiger charge is -2.32. The van der Waals surface area contributed by atoms with E-state index >= 15 is 0 Å². The highest BCUT2D eigenvalue weighted by Crippen LogP contribution is 2.26. The molecule has 1 aromatic carbocycles. The standard InChI is InChI=1S/C19H27N5O2/c1-22(2)16-8-6-14(7-9-16)11-18(26)24-10-4-5-15(12-24)19-21-20-17(13-25)23(19)3/h6-9,15,25H,4-5,10-13H2,1-3H3/t15-/m0/s1. The summed E-state index contributed by atoms with van der Waals surface area (Å²) in [4.78, 5) is 16.7. The van der Waals surface area contributed by atoms with Crippen molar-refractivity contribution in [1.29, 1.82) is 0 Å². The minimum absolute atomic E-state index is 0.123. The van der Waals surface area contributed by atoms with Crippen molar-refractivity contribution in [3.05, 3.63) is 41.5 Å². The zero-order chi connectivity index (χ0) is 18.7. The Morgan fingerprint density at radius 1 is 1.27 bits per heavy atom. The van der Waals surface area contributed by atoms with Crippen molar-refractivity contribution in [1.82, 2.24) is 19.7 Å². The van der Waals surface area contributed by atoms with Crippen LogP contribution >= 0.6 is 0 Å². The van der Waals surface area contributed by atoms with Crippen LogP contribution in [0, 0.1) is 0 Å². The molecule has 0 radical (unpaired) electrons. The van der Waals surface area contributed by atoms with Crippen molar-refractivity contribution in [2.45, 2.75) is 31.8 Å².